The number of methoxy groups -OCH3 is 1. The minimum absolute atomic E-state index is 0.00786. The van der Waals surface area contributed by atoms with Crippen molar-refractivity contribution in [1.29, 1.82) is 0 Å². The van der Waals surface area contributed by atoms with E-state index < -0.39 is 0 Å². The van der Waals surface area contributed by atoms with Gasteiger partial charge in [-0.1, -0.05) is 30.3 Å². The Bertz CT molecular complexity index is 809. The first kappa shape index (κ1) is 16.0. The fourth-order valence-electron chi connectivity index (χ4n) is 3.02. The molecule has 3 rings (SSSR count). The number of fused-ring (bicyclic) bond motifs is 1. The molecule has 2 aromatic carbocycles. The molecule has 4 nitrogen and oxygen atoms in total. The van der Waals surface area contributed by atoms with Crippen LogP contribution in [0.15, 0.2) is 54.6 Å². The molecule has 0 amide bonds. The Hall–Kier alpha value is -2.88. The van der Waals surface area contributed by atoms with Crippen molar-refractivity contribution >= 4 is 23.1 Å². The summed E-state index contributed by atoms with van der Waals surface area (Å²) in [7, 11) is 1.38. The highest BCUT2D eigenvalue weighted by Gasteiger charge is 2.24. The third kappa shape index (κ3) is 3.08. The zero-order valence-corrected chi connectivity index (χ0v) is 13.8. The number of ether oxygens (including phenoxy) is 1. The second-order valence-corrected chi connectivity index (χ2v) is 5.74. The van der Waals surface area contributed by atoms with Crippen LogP contribution >= 0.6 is 0 Å². The minimum atomic E-state index is -0.334. The average Bonchev–Trinajstić information content (AvgIpc) is 3.02. The largest absolute Gasteiger partial charge is 0.465 e. The van der Waals surface area contributed by atoms with E-state index in [-0.39, 0.29) is 11.8 Å². The van der Waals surface area contributed by atoms with E-state index in [2.05, 4.69) is 4.90 Å². The SMILES string of the molecule is COC(=O)c1ccc2c(c1)CCN2/C(=C\C(C)=O)c1ccccc1. The van der Waals surface area contributed by atoms with E-state index in [4.69, 9.17) is 4.74 Å². The highest BCUT2D eigenvalue weighted by molar-refractivity contribution is 5.99. The Morgan fingerprint density at radius 1 is 1.08 bits per heavy atom. The molecule has 122 valence electrons. The average molecular weight is 321 g/mol. The van der Waals surface area contributed by atoms with E-state index in [9.17, 15) is 9.59 Å². The van der Waals surface area contributed by atoms with Gasteiger partial charge in [-0.05, 0) is 42.7 Å². The predicted octanol–water partition coefficient (Wildman–Crippen LogP) is 3.47. The molecule has 2 aromatic rings. The molecule has 0 N–H and O–H groups in total. The van der Waals surface area contributed by atoms with Gasteiger partial charge in [-0.2, -0.15) is 0 Å². The molecule has 0 fully saturated rings. The number of rotatable bonds is 4. The van der Waals surface area contributed by atoms with E-state index in [1.807, 2.05) is 42.5 Å². The van der Waals surface area contributed by atoms with Crippen molar-refractivity contribution in [2.75, 3.05) is 18.6 Å². The molecule has 1 aliphatic rings. The summed E-state index contributed by atoms with van der Waals surface area (Å²) >= 11 is 0. The van der Waals surface area contributed by atoms with Gasteiger partial charge in [0.15, 0.2) is 5.78 Å². The summed E-state index contributed by atoms with van der Waals surface area (Å²) in [5, 5.41) is 0. The first-order valence-corrected chi connectivity index (χ1v) is 7.86. The van der Waals surface area contributed by atoms with Crippen LogP contribution in [0, 0.1) is 0 Å². The first-order chi connectivity index (χ1) is 11.6. The first-order valence-electron chi connectivity index (χ1n) is 7.86. The van der Waals surface area contributed by atoms with Gasteiger partial charge in [0.1, 0.15) is 0 Å². The zero-order valence-electron chi connectivity index (χ0n) is 13.8. The molecule has 0 radical (unpaired) electrons. The third-order valence-electron chi connectivity index (χ3n) is 4.10. The van der Waals surface area contributed by atoms with Gasteiger partial charge in [0.2, 0.25) is 0 Å². The lowest BCUT2D eigenvalue weighted by Gasteiger charge is -2.23. The molecule has 24 heavy (non-hydrogen) atoms. The smallest absolute Gasteiger partial charge is 0.337 e. The highest BCUT2D eigenvalue weighted by atomic mass is 16.5. The number of hydrogen-bond donors (Lipinski definition) is 0. The summed E-state index contributed by atoms with van der Waals surface area (Å²) in [4.78, 5) is 25.6. The van der Waals surface area contributed by atoms with Gasteiger partial charge in [-0.15, -0.1) is 0 Å². The zero-order chi connectivity index (χ0) is 17.1. The third-order valence-corrected chi connectivity index (χ3v) is 4.10. The van der Waals surface area contributed by atoms with Crippen LogP contribution in [0.5, 0.6) is 0 Å². The van der Waals surface area contributed by atoms with Crippen LogP contribution in [0.3, 0.4) is 0 Å². The van der Waals surface area contributed by atoms with Crippen molar-refractivity contribution in [3.63, 3.8) is 0 Å². The Balaban J connectivity index is 2.02. The Morgan fingerprint density at radius 2 is 1.83 bits per heavy atom. The molecule has 1 heterocycles. The summed E-state index contributed by atoms with van der Waals surface area (Å²) in [6.45, 7) is 2.33. The van der Waals surface area contributed by atoms with E-state index in [1.54, 1.807) is 19.1 Å². The highest BCUT2D eigenvalue weighted by Crippen LogP contribution is 2.35. The van der Waals surface area contributed by atoms with Crippen LogP contribution in [0.4, 0.5) is 5.69 Å². The second kappa shape index (κ2) is 6.71. The maximum atomic E-state index is 11.7. The molecular weight excluding hydrogens is 302 g/mol. The van der Waals surface area contributed by atoms with Crippen LogP contribution in [-0.4, -0.2) is 25.4 Å². The Morgan fingerprint density at radius 3 is 2.50 bits per heavy atom. The Labute approximate surface area is 141 Å². The van der Waals surface area contributed by atoms with Crippen LogP contribution in [-0.2, 0) is 16.0 Å². The van der Waals surface area contributed by atoms with Crippen LogP contribution < -0.4 is 4.90 Å². The predicted molar refractivity (Wildman–Crippen MR) is 93.9 cm³/mol. The topological polar surface area (TPSA) is 46.6 Å². The summed E-state index contributed by atoms with van der Waals surface area (Å²) < 4.78 is 4.78. The van der Waals surface area contributed by atoms with Gasteiger partial charge in [-0.3, -0.25) is 4.79 Å². The summed E-state index contributed by atoms with van der Waals surface area (Å²) in [5.74, 6) is -0.327. The molecule has 1 aliphatic heterocycles. The number of ketones is 1. The van der Waals surface area contributed by atoms with Crippen LogP contribution in [0.25, 0.3) is 5.70 Å². The fourth-order valence-corrected chi connectivity index (χ4v) is 3.02. The van der Waals surface area contributed by atoms with Gasteiger partial charge < -0.3 is 9.64 Å². The van der Waals surface area contributed by atoms with Crippen LogP contribution in [0.2, 0.25) is 0 Å². The second-order valence-electron chi connectivity index (χ2n) is 5.74. The monoisotopic (exact) mass is 321 g/mol. The van der Waals surface area contributed by atoms with Gasteiger partial charge in [0.05, 0.1) is 18.4 Å². The number of allylic oxidation sites excluding steroid dienone is 1. The van der Waals surface area contributed by atoms with Crippen molar-refractivity contribution in [3.8, 4) is 0 Å². The standard InChI is InChI=1S/C20H19NO3/c1-14(22)12-19(15-6-4-3-5-7-15)21-11-10-16-13-17(20(23)24-2)8-9-18(16)21/h3-9,12-13H,10-11H2,1-2H3/b19-12-. The quantitative estimate of drug-likeness (QED) is 0.639. The minimum Gasteiger partial charge on any atom is -0.465 e. The number of esters is 1. The number of nitrogens with zero attached hydrogens (tertiary/aromatic N) is 1. The molecule has 0 saturated heterocycles. The number of hydrogen-bond acceptors (Lipinski definition) is 4. The number of carbonyl (C=O) groups is 2. The van der Waals surface area contributed by atoms with E-state index in [0.29, 0.717) is 5.56 Å². The van der Waals surface area contributed by atoms with E-state index in [1.165, 1.54) is 7.11 Å². The summed E-state index contributed by atoms with van der Waals surface area (Å²) in [6.07, 6.45) is 2.49. The normalized spacial score (nSPS) is 13.6. The van der Waals surface area contributed by atoms with Crippen LogP contribution in [0.1, 0.15) is 28.4 Å². The molecule has 0 bridgehead atoms. The van der Waals surface area contributed by atoms with Crippen molar-refractivity contribution in [2.24, 2.45) is 0 Å². The maximum Gasteiger partial charge on any atom is 0.337 e. The molecule has 0 spiro atoms. The molecule has 0 aliphatic carbocycles. The van der Waals surface area contributed by atoms with Crippen molar-refractivity contribution in [2.45, 2.75) is 13.3 Å². The molecular formula is C20H19NO3. The van der Waals surface area contributed by atoms with E-state index in [0.717, 1.165) is 35.5 Å². The Kier molecular flexibility index (Phi) is 4.47. The van der Waals surface area contributed by atoms with E-state index >= 15 is 0 Å². The molecule has 0 atom stereocenters. The van der Waals surface area contributed by atoms with Crippen molar-refractivity contribution in [1.82, 2.24) is 0 Å². The lowest BCUT2D eigenvalue weighted by molar-refractivity contribution is -0.112. The van der Waals surface area contributed by atoms with Crippen molar-refractivity contribution < 1.29 is 14.3 Å². The van der Waals surface area contributed by atoms with Gasteiger partial charge in [0, 0.05) is 18.3 Å². The van der Waals surface area contributed by atoms with Gasteiger partial charge in [0.25, 0.3) is 0 Å². The van der Waals surface area contributed by atoms with Gasteiger partial charge >= 0.3 is 5.97 Å². The molecule has 0 aromatic heterocycles. The molecule has 0 saturated carbocycles. The van der Waals surface area contributed by atoms with Crippen molar-refractivity contribution in [3.05, 3.63) is 71.3 Å². The number of anilines is 1. The number of carbonyl (C=O) groups excluding carboxylic acids is 2. The lowest BCUT2D eigenvalue weighted by Crippen LogP contribution is -2.19. The van der Waals surface area contributed by atoms with Gasteiger partial charge in [-0.25, -0.2) is 4.79 Å². The maximum absolute atomic E-state index is 11.7. The molecule has 4 heteroatoms. The number of benzene rings is 2. The fraction of sp³-hybridized carbons (Fsp3) is 0.200. The summed E-state index contributed by atoms with van der Waals surface area (Å²) in [5.41, 5.74) is 4.54. The summed E-state index contributed by atoms with van der Waals surface area (Å²) in [6, 6.07) is 15.4. The lowest BCUT2D eigenvalue weighted by atomic mass is 10.1. The molecule has 0 unspecified atom stereocenters.